The third-order valence-electron chi connectivity index (χ3n) is 1.95. The van der Waals surface area contributed by atoms with E-state index in [0.717, 1.165) is 0 Å². The Kier molecular flexibility index (Phi) is 3.13. The summed E-state index contributed by atoms with van der Waals surface area (Å²) >= 11 is 0. The van der Waals surface area contributed by atoms with E-state index in [1.807, 2.05) is 0 Å². The first-order valence-electron chi connectivity index (χ1n) is 4.40. The van der Waals surface area contributed by atoms with Crippen molar-refractivity contribution in [3.63, 3.8) is 0 Å². The third-order valence-corrected chi connectivity index (χ3v) is 1.95. The largest absolute Gasteiger partial charge is 0.309 e. The quantitative estimate of drug-likeness (QED) is 0.617. The predicted molar refractivity (Wildman–Crippen MR) is 51.8 cm³/mol. The molecule has 0 amide bonds. The first-order valence-corrected chi connectivity index (χ1v) is 4.40. The van der Waals surface area contributed by atoms with Gasteiger partial charge in [0.25, 0.3) is 0 Å². The molecule has 0 saturated heterocycles. The summed E-state index contributed by atoms with van der Waals surface area (Å²) < 4.78 is 0. The van der Waals surface area contributed by atoms with Crippen molar-refractivity contribution in [1.29, 1.82) is 0 Å². The van der Waals surface area contributed by atoms with Crippen molar-refractivity contribution in [3.05, 3.63) is 0 Å². The van der Waals surface area contributed by atoms with Crippen LogP contribution < -0.4 is 5.32 Å². The highest BCUT2D eigenvalue weighted by molar-refractivity contribution is 4.82. The molecule has 1 atom stereocenters. The molecule has 0 radical (unpaired) electrons. The highest BCUT2D eigenvalue weighted by Crippen LogP contribution is 2.20. The average molecular weight is 157 g/mol. The van der Waals surface area contributed by atoms with E-state index >= 15 is 0 Å². The predicted octanol–water partition coefficient (Wildman–Crippen LogP) is 2.81. The van der Waals surface area contributed by atoms with Crippen LogP contribution in [0.15, 0.2) is 0 Å². The minimum Gasteiger partial charge on any atom is -0.309 e. The van der Waals surface area contributed by atoms with Crippen molar-refractivity contribution < 1.29 is 0 Å². The highest BCUT2D eigenvalue weighted by atomic mass is 15.0. The Hall–Kier alpha value is -0.0400. The lowest BCUT2D eigenvalue weighted by atomic mass is 9.86. The van der Waals surface area contributed by atoms with Crippen molar-refractivity contribution in [2.45, 2.75) is 60.0 Å². The summed E-state index contributed by atoms with van der Waals surface area (Å²) in [4.78, 5) is 0. The Morgan fingerprint density at radius 1 is 0.909 bits per heavy atom. The highest BCUT2D eigenvalue weighted by Gasteiger charge is 2.23. The van der Waals surface area contributed by atoms with Crippen molar-refractivity contribution >= 4 is 0 Å². The van der Waals surface area contributed by atoms with Crippen LogP contribution >= 0.6 is 0 Å². The monoisotopic (exact) mass is 157 g/mol. The van der Waals surface area contributed by atoms with E-state index in [9.17, 15) is 0 Å². The van der Waals surface area contributed by atoms with Gasteiger partial charge in [0.05, 0.1) is 0 Å². The maximum atomic E-state index is 3.56. The van der Waals surface area contributed by atoms with Crippen LogP contribution in [0, 0.1) is 5.41 Å². The van der Waals surface area contributed by atoms with E-state index in [0.29, 0.717) is 11.5 Å². The normalized spacial score (nSPS) is 16.6. The molecule has 0 rings (SSSR count). The molecular weight excluding hydrogens is 134 g/mol. The van der Waals surface area contributed by atoms with Gasteiger partial charge in [0.2, 0.25) is 0 Å². The van der Waals surface area contributed by atoms with Gasteiger partial charge in [0.1, 0.15) is 0 Å². The molecule has 11 heavy (non-hydrogen) atoms. The van der Waals surface area contributed by atoms with E-state index in [1.54, 1.807) is 0 Å². The SMILES string of the molecule is C[C@H](NC(C)(C)C)C(C)(C)C. The number of rotatable bonds is 1. The smallest absolute Gasteiger partial charge is 0.00992 e. The van der Waals surface area contributed by atoms with Crippen LogP contribution in [-0.2, 0) is 0 Å². The van der Waals surface area contributed by atoms with E-state index in [-0.39, 0.29) is 5.54 Å². The molecule has 0 aromatic carbocycles. The lowest BCUT2D eigenvalue weighted by molar-refractivity contribution is 0.235. The molecule has 0 bridgehead atoms. The molecule has 1 heteroatoms. The second-order valence-corrected chi connectivity index (χ2v) is 5.48. The molecule has 0 aromatic heterocycles. The van der Waals surface area contributed by atoms with E-state index in [2.05, 4.69) is 53.8 Å². The maximum absolute atomic E-state index is 3.56. The second kappa shape index (κ2) is 3.14. The van der Waals surface area contributed by atoms with Crippen molar-refractivity contribution in [1.82, 2.24) is 5.32 Å². The number of hydrogen-bond acceptors (Lipinski definition) is 1. The van der Waals surface area contributed by atoms with Crippen LogP contribution in [0.25, 0.3) is 0 Å². The Balaban J connectivity index is 3.99. The van der Waals surface area contributed by atoms with Crippen LogP contribution in [0.4, 0.5) is 0 Å². The molecule has 0 aromatic rings. The molecule has 0 heterocycles. The lowest BCUT2D eigenvalue weighted by Crippen LogP contribution is -2.47. The van der Waals surface area contributed by atoms with Crippen LogP contribution in [0.5, 0.6) is 0 Å². The summed E-state index contributed by atoms with van der Waals surface area (Å²) in [6.07, 6.45) is 0. The molecule has 68 valence electrons. The summed E-state index contributed by atoms with van der Waals surface area (Å²) in [7, 11) is 0. The molecule has 1 N–H and O–H groups in total. The lowest BCUT2D eigenvalue weighted by Gasteiger charge is -2.34. The summed E-state index contributed by atoms with van der Waals surface area (Å²) in [6.45, 7) is 15.6. The third kappa shape index (κ3) is 5.25. The van der Waals surface area contributed by atoms with Gasteiger partial charge in [0.15, 0.2) is 0 Å². The molecule has 0 aliphatic carbocycles. The van der Waals surface area contributed by atoms with Gasteiger partial charge < -0.3 is 5.32 Å². The Morgan fingerprint density at radius 2 is 1.27 bits per heavy atom. The molecular formula is C10H23N. The maximum Gasteiger partial charge on any atom is 0.00992 e. The molecule has 1 nitrogen and oxygen atoms in total. The van der Waals surface area contributed by atoms with Crippen LogP contribution in [0.1, 0.15) is 48.5 Å². The van der Waals surface area contributed by atoms with E-state index in [4.69, 9.17) is 0 Å². The first-order chi connectivity index (χ1) is 4.63. The molecule has 0 aliphatic heterocycles. The number of hydrogen-bond donors (Lipinski definition) is 1. The zero-order valence-electron chi connectivity index (χ0n) is 9.08. The van der Waals surface area contributed by atoms with Gasteiger partial charge in [0, 0.05) is 11.6 Å². The summed E-state index contributed by atoms with van der Waals surface area (Å²) in [6, 6.07) is 0.558. The van der Waals surface area contributed by atoms with Gasteiger partial charge in [-0.2, -0.15) is 0 Å². The molecule has 0 unspecified atom stereocenters. The summed E-state index contributed by atoms with van der Waals surface area (Å²) in [5.74, 6) is 0. The van der Waals surface area contributed by atoms with Gasteiger partial charge in [-0.05, 0) is 33.1 Å². The van der Waals surface area contributed by atoms with Gasteiger partial charge in [-0.25, -0.2) is 0 Å². The fourth-order valence-corrected chi connectivity index (χ4v) is 0.866. The van der Waals surface area contributed by atoms with Crippen LogP contribution in [0.3, 0.4) is 0 Å². The first kappa shape index (κ1) is 11.0. The minimum absolute atomic E-state index is 0.229. The fourth-order valence-electron chi connectivity index (χ4n) is 0.866. The fraction of sp³-hybridized carbons (Fsp3) is 1.00. The van der Waals surface area contributed by atoms with Crippen molar-refractivity contribution in [2.24, 2.45) is 5.41 Å². The van der Waals surface area contributed by atoms with Gasteiger partial charge in [-0.15, -0.1) is 0 Å². The summed E-state index contributed by atoms with van der Waals surface area (Å²) in [5, 5.41) is 3.56. The van der Waals surface area contributed by atoms with Crippen LogP contribution in [-0.4, -0.2) is 11.6 Å². The zero-order chi connectivity index (χ0) is 9.28. The number of nitrogens with one attached hydrogen (secondary N) is 1. The molecule has 0 saturated carbocycles. The van der Waals surface area contributed by atoms with E-state index in [1.165, 1.54) is 0 Å². The van der Waals surface area contributed by atoms with Crippen molar-refractivity contribution in [3.8, 4) is 0 Å². The Morgan fingerprint density at radius 3 is 1.36 bits per heavy atom. The molecule has 0 spiro atoms. The standard InChI is InChI=1S/C10H23N/c1-8(9(2,3)4)11-10(5,6)7/h8,11H,1-7H3/t8-/m0/s1. The van der Waals surface area contributed by atoms with E-state index < -0.39 is 0 Å². The van der Waals surface area contributed by atoms with Crippen LogP contribution in [0.2, 0.25) is 0 Å². The van der Waals surface area contributed by atoms with Crippen molar-refractivity contribution in [2.75, 3.05) is 0 Å². The zero-order valence-corrected chi connectivity index (χ0v) is 9.08. The Labute approximate surface area is 71.6 Å². The summed E-state index contributed by atoms with van der Waals surface area (Å²) in [5.41, 5.74) is 0.583. The Bertz CT molecular complexity index is 114. The molecule has 0 fully saturated rings. The van der Waals surface area contributed by atoms with Gasteiger partial charge >= 0.3 is 0 Å². The second-order valence-electron chi connectivity index (χ2n) is 5.48. The average Bonchev–Trinajstić information content (AvgIpc) is 1.56. The van der Waals surface area contributed by atoms with Gasteiger partial charge in [-0.3, -0.25) is 0 Å². The minimum atomic E-state index is 0.229. The topological polar surface area (TPSA) is 12.0 Å². The molecule has 0 aliphatic rings. The van der Waals surface area contributed by atoms with Gasteiger partial charge in [-0.1, -0.05) is 20.8 Å².